The van der Waals surface area contributed by atoms with Crippen molar-refractivity contribution < 1.29 is 23.8 Å². The maximum atomic E-state index is 12.9. The first kappa shape index (κ1) is 25.6. The number of aryl methyl sites for hydroxylation is 2. The van der Waals surface area contributed by atoms with Crippen molar-refractivity contribution in [2.24, 2.45) is 0 Å². The zero-order valence-electron chi connectivity index (χ0n) is 20.4. The number of carbonyl (C=O) groups is 1. The van der Waals surface area contributed by atoms with Crippen molar-refractivity contribution in [2.75, 3.05) is 19.8 Å². The van der Waals surface area contributed by atoms with Gasteiger partial charge in [0.05, 0.1) is 31.3 Å². The van der Waals surface area contributed by atoms with E-state index in [9.17, 15) is 14.7 Å². The van der Waals surface area contributed by atoms with E-state index in [4.69, 9.17) is 13.9 Å². The van der Waals surface area contributed by atoms with E-state index in [1.165, 1.54) is 0 Å². The number of aromatic amines is 1. The molecule has 2 N–H and O–H groups in total. The van der Waals surface area contributed by atoms with E-state index in [0.29, 0.717) is 38.8 Å². The average molecular weight is 512 g/mol. The highest BCUT2D eigenvalue weighted by molar-refractivity contribution is 7.20. The quantitative estimate of drug-likeness (QED) is 0.292. The number of aromatic nitrogens is 2. The Balaban J connectivity index is 1.53. The smallest absolute Gasteiger partial charge is 0.348 e. The molecule has 190 valence electrons. The van der Waals surface area contributed by atoms with Gasteiger partial charge in [-0.1, -0.05) is 18.2 Å². The maximum absolute atomic E-state index is 12.9. The van der Waals surface area contributed by atoms with Gasteiger partial charge in [-0.2, -0.15) is 0 Å². The van der Waals surface area contributed by atoms with Crippen molar-refractivity contribution in [1.29, 1.82) is 0 Å². The first-order chi connectivity index (χ1) is 17.4. The molecule has 0 aliphatic heterocycles. The van der Waals surface area contributed by atoms with Gasteiger partial charge in [-0.05, 0) is 50.1 Å². The SMILES string of the molecule is CCOC(=O)c1sc2nc(CN(Cc3ccco3)CC(O)COc3ccccc3C)[nH]c(=O)c2c1C. The minimum Gasteiger partial charge on any atom is -0.491 e. The number of esters is 1. The van der Waals surface area contributed by atoms with Crippen LogP contribution in [0.1, 0.15) is 39.3 Å². The monoisotopic (exact) mass is 511 g/mol. The van der Waals surface area contributed by atoms with Crippen LogP contribution in [0.25, 0.3) is 10.2 Å². The van der Waals surface area contributed by atoms with Crippen molar-refractivity contribution in [1.82, 2.24) is 14.9 Å². The van der Waals surface area contributed by atoms with Crippen LogP contribution in [0.2, 0.25) is 0 Å². The standard InChI is InChI=1S/C26H29N3O6S/c1-4-33-26(32)23-17(3)22-24(31)27-21(28-25(22)36-23)14-29(13-19-9-7-11-34-19)12-18(30)15-35-20-10-6-5-8-16(20)2/h5-11,18,30H,4,12-15H2,1-3H3,(H,27,28,31). The fourth-order valence-electron chi connectivity index (χ4n) is 3.93. The molecule has 0 saturated carbocycles. The summed E-state index contributed by atoms with van der Waals surface area (Å²) >= 11 is 1.14. The van der Waals surface area contributed by atoms with Crippen LogP contribution in [-0.2, 0) is 17.8 Å². The zero-order chi connectivity index (χ0) is 25.7. The second-order valence-corrected chi connectivity index (χ2v) is 9.45. The fourth-order valence-corrected chi connectivity index (χ4v) is 5.02. The normalized spacial score (nSPS) is 12.2. The molecule has 9 nitrogen and oxygen atoms in total. The van der Waals surface area contributed by atoms with Gasteiger partial charge in [-0.15, -0.1) is 11.3 Å². The van der Waals surface area contributed by atoms with Crippen LogP contribution in [0.4, 0.5) is 0 Å². The Morgan fingerprint density at radius 2 is 2.03 bits per heavy atom. The van der Waals surface area contributed by atoms with E-state index in [-0.39, 0.29) is 31.9 Å². The highest BCUT2D eigenvalue weighted by Crippen LogP contribution is 2.28. The van der Waals surface area contributed by atoms with E-state index in [0.717, 1.165) is 22.6 Å². The number of H-pyrrole nitrogens is 1. The highest BCUT2D eigenvalue weighted by Gasteiger charge is 2.22. The van der Waals surface area contributed by atoms with Crippen LogP contribution >= 0.6 is 11.3 Å². The van der Waals surface area contributed by atoms with Crippen LogP contribution in [0.5, 0.6) is 5.75 Å². The predicted molar refractivity (Wildman–Crippen MR) is 136 cm³/mol. The van der Waals surface area contributed by atoms with Gasteiger partial charge in [0.1, 0.15) is 39.8 Å². The van der Waals surface area contributed by atoms with Crippen molar-refractivity contribution >= 4 is 27.5 Å². The molecule has 4 rings (SSSR count). The third-order valence-corrected chi connectivity index (χ3v) is 6.80. The number of fused-ring (bicyclic) bond motifs is 1. The molecule has 0 saturated heterocycles. The number of nitrogens with zero attached hydrogens (tertiary/aromatic N) is 2. The number of hydrogen-bond donors (Lipinski definition) is 2. The Morgan fingerprint density at radius 3 is 2.75 bits per heavy atom. The van der Waals surface area contributed by atoms with Gasteiger partial charge in [0.2, 0.25) is 0 Å². The minimum absolute atomic E-state index is 0.107. The number of ether oxygens (including phenoxy) is 2. The second-order valence-electron chi connectivity index (χ2n) is 8.45. The summed E-state index contributed by atoms with van der Waals surface area (Å²) in [5, 5.41) is 11.1. The molecule has 1 unspecified atom stereocenters. The number of carbonyl (C=O) groups excluding carboxylic acids is 1. The Kier molecular flexibility index (Phi) is 8.19. The van der Waals surface area contributed by atoms with E-state index in [1.807, 2.05) is 42.2 Å². The summed E-state index contributed by atoms with van der Waals surface area (Å²) in [6, 6.07) is 11.3. The molecule has 0 amide bonds. The van der Waals surface area contributed by atoms with E-state index in [1.54, 1.807) is 26.2 Å². The Hall–Kier alpha value is -3.47. The zero-order valence-corrected chi connectivity index (χ0v) is 21.3. The summed E-state index contributed by atoms with van der Waals surface area (Å²) in [4.78, 5) is 35.4. The molecule has 36 heavy (non-hydrogen) atoms. The molecular formula is C26H29N3O6S. The molecule has 0 spiro atoms. The number of aliphatic hydroxyl groups excluding tert-OH is 1. The Bertz CT molecular complexity index is 1380. The first-order valence-electron chi connectivity index (χ1n) is 11.7. The molecule has 4 aromatic rings. The van der Waals surface area contributed by atoms with Gasteiger partial charge in [-0.3, -0.25) is 9.69 Å². The lowest BCUT2D eigenvalue weighted by Crippen LogP contribution is -2.35. The lowest BCUT2D eigenvalue weighted by Gasteiger charge is -2.24. The molecule has 0 radical (unpaired) electrons. The van der Waals surface area contributed by atoms with Gasteiger partial charge in [0.25, 0.3) is 5.56 Å². The number of rotatable bonds is 11. The van der Waals surface area contributed by atoms with Gasteiger partial charge in [0.15, 0.2) is 0 Å². The van der Waals surface area contributed by atoms with Gasteiger partial charge in [0, 0.05) is 6.54 Å². The van der Waals surface area contributed by atoms with Crippen LogP contribution < -0.4 is 10.3 Å². The third kappa shape index (κ3) is 6.01. The maximum Gasteiger partial charge on any atom is 0.348 e. The molecule has 0 fully saturated rings. The summed E-state index contributed by atoms with van der Waals surface area (Å²) < 4.78 is 16.4. The second kappa shape index (κ2) is 11.5. The van der Waals surface area contributed by atoms with Gasteiger partial charge < -0.3 is 24.0 Å². The molecule has 10 heteroatoms. The molecule has 3 heterocycles. The number of benzene rings is 1. The van der Waals surface area contributed by atoms with Crippen molar-refractivity contribution in [3.05, 3.63) is 80.6 Å². The number of thiophene rings is 1. The highest BCUT2D eigenvalue weighted by atomic mass is 32.1. The van der Waals surface area contributed by atoms with Crippen LogP contribution in [0.15, 0.2) is 51.9 Å². The number of para-hydroxylation sites is 1. The molecule has 0 bridgehead atoms. The third-order valence-electron chi connectivity index (χ3n) is 5.64. The summed E-state index contributed by atoms with van der Waals surface area (Å²) in [5.74, 6) is 1.39. The van der Waals surface area contributed by atoms with Gasteiger partial charge in [-0.25, -0.2) is 9.78 Å². The topological polar surface area (TPSA) is 118 Å². The molecule has 3 aromatic heterocycles. The molecule has 0 aliphatic carbocycles. The van der Waals surface area contributed by atoms with Crippen molar-refractivity contribution in [3.63, 3.8) is 0 Å². The average Bonchev–Trinajstić information content (AvgIpc) is 3.46. The van der Waals surface area contributed by atoms with E-state index < -0.39 is 12.1 Å². The van der Waals surface area contributed by atoms with Crippen molar-refractivity contribution in [3.8, 4) is 5.75 Å². The largest absolute Gasteiger partial charge is 0.491 e. The number of furan rings is 1. The Labute approximate surface area is 212 Å². The molecule has 0 aliphatic rings. The van der Waals surface area contributed by atoms with E-state index >= 15 is 0 Å². The molecule has 1 atom stereocenters. The number of nitrogens with one attached hydrogen (secondary N) is 1. The van der Waals surface area contributed by atoms with E-state index in [2.05, 4.69) is 9.97 Å². The molecule has 1 aromatic carbocycles. The van der Waals surface area contributed by atoms with Crippen LogP contribution in [0.3, 0.4) is 0 Å². The number of aliphatic hydroxyl groups is 1. The van der Waals surface area contributed by atoms with Crippen LogP contribution in [0, 0.1) is 13.8 Å². The number of hydrogen-bond acceptors (Lipinski definition) is 9. The summed E-state index contributed by atoms with van der Waals surface area (Å²) in [7, 11) is 0. The lowest BCUT2D eigenvalue weighted by atomic mass is 10.2. The predicted octanol–water partition coefficient (Wildman–Crippen LogP) is 3.81. The van der Waals surface area contributed by atoms with Crippen molar-refractivity contribution in [2.45, 2.75) is 40.0 Å². The summed E-state index contributed by atoms with van der Waals surface area (Å²) in [6.45, 7) is 6.66. The van der Waals surface area contributed by atoms with Gasteiger partial charge >= 0.3 is 5.97 Å². The lowest BCUT2D eigenvalue weighted by molar-refractivity contribution is 0.0531. The minimum atomic E-state index is -0.797. The van der Waals surface area contributed by atoms with Crippen LogP contribution in [-0.4, -0.2) is 51.8 Å². The summed E-state index contributed by atoms with van der Waals surface area (Å²) in [6.07, 6.45) is 0.789. The molecular weight excluding hydrogens is 482 g/mol. The fraction of sp³-hybridized carbons (Fsp3) is 0.346. The first-order valence-corrected chi connectivity index (χ1v) is 12.5. The Morgan fingerprint density at radius 1 is 1.22 bits per heavy atom. The summed E-state index contributed by atoms with van der Waals surface area (Å²) in [5.41, 5.74) is 1.23.